The van der Waals surface area contributed by atoms with E-state index in [1.165, 1.54) is 43.7 Å². The minimum atomic E-state index is -0.998. The molecule has 10 nitrogen and oxygen atoms in total. The summed E-state index contributed by atoms with van der Waals surface area (Å²) in [6, 6.07) is 18.3. The normalized spacial score (nSPS) is 14.1. The van der Waals surface area contributed by atoms with Gasteiger partial charge in [-0.1, -0.05) is 61.7 Å². The van der Waals surface area contributed by atoms with Crippen molar-refractivity contribution in [3.8, 4) is 0 Å². The standard InChI is InChI=1S/C31H34N4O6/c1-20-7-16-26(19-27(20)35(40)41)33-31(39)34-29(23-10-8-22(9-11-23)21-5-3-2-4-6-21)24-12-14-25(15-13-24)30(38)32-18-17-28(36)37/h7-16,19,21,29H,2-6,17-18H2,1H3,(H,32,38)(H,36,37)(H2,33,34,39). The van der Waals surface area contributed by atoms with E-state index in [4.69, 9.17) is 5.11 Å². The van der Waals surface area contributed by atoms with Crippen molar-refractivity contribution in [2.75, 3.05) is 11.9 Å². The molecule has 1 saturated carbocycles. The highest BCUT2D eigenvalue weighted by Gasteiger charge is 2.21. The van der Waals surface area contributed by atoms with Crippen molar-refractivity contribution in [2.45, 2.75) is 57.4 Å². The van der Waals surface area contributed by atoms with Crippen LogP contribution in [0.4, 0.5) is 16.2 Å². The highest BCUT2D eigenvalue weighted by Crippen LogP contribution is 2.34. The Hall–Kier alpha value is -4.73. The van der Waals surface area contributed by atoms with E-state index in [0.29, 0.717) is 22.7 Å². The molecular weight excluding hydrogens is 524 g/mol. The van der Waals surface area contributed by atoms with Gasteiger partial charge in [-0.2, -0.15) is 0 Å². The number of anilines is 1. The lowest BCUT2D eigenvalue weighted by atomic mass is 9.83. The molecular formula is C31H34N4O6. The Morgan fingerprint density at radius 2 is 1.59 bits per heavy atom. The second kappa shape index (κ2) is 13.6. The van der Waals surface area contributed by atoms with E-state index in [1.54, 1.807) is 43.3 Å². The number of carbonyl (C=O) groups excluding carboxylic acids is 2. The molecule has 3 amide bonds. The Bertz CT molecular complexity index is 1400. The zero-order valence-electron chi connectivity index (χ0n) is 22.9. The van der Waals surface area contributed by atoms with Gasteiger partial charge in [0.2, 0.25) is 0 Å². The molecule has 1 unspecified atom stereocenters. The number of benzene rings is 3. The van der Waals surface area contributed by atoms with E-state index >= 15 is 0 Å². The number of aliphatic carboxylic acids is 1. The zero-order valence-corrected chi connectivity index (χ0v) is 22.9. The van der Waals surface area contributed by atoms with Crippen LogP contribution in [0.25, 0.3) is 0 Å². The average Bonchev–Trinajstić information content (AvgIpc) is 2.97. The summed E-state index contributed by atoms with van der Waals surface area (Å²) < 4.78 is 0. The number of hydrogen-bond donors (Lipinski definition) is 4. The Balaban J connectivity index is 1.55. The van der Waals surface area contributed by atoms with Gasteiger partial charge < -0.3 is 21.1 Å². The van der Waals surface area contributed by atoms with Crippen molar-refractivity contribution in [1.29, 1.82) is 0 Å². The number of aryl methyl sites for hydroxylation is 1. The van der Waals surface area contributed by atoms with Gasteiger partial charge in [0.15, 0.2) is 0 Å². The number of nitro benzene ring substituents is 1. The van der Waals surface area contributed by atoms with Crippen LogP contribution in [-0.2, 0) is 4.79 Å². The summed E-state index contributed by atoms with van der Waals surface area (Å²) in [6.07, 6.45) is 5.89. The smallest absolute Gasteiger partial charge is 0.319 e. The average molecular weight is 559 g/mol. The van der Waals surface area contributed by atoms with Crippen molar-refractivity contribution in [2.24, 2.45) is 0 Å². The van der Waals surface area contributed by atoms with Crippen LogP contribution in [0.2, 0.25) is 0 Å². The number of carboxylic acid groups (broad SMARTS) is 1. The number of carbonyl (C=O) groups is 3. The molecule has 0 bridgehead atoms. The molecule has 41 heavy (non-hydrogen) atoms. The monoisotopic (exact) mass is 558 g/mol. The molecule has 0 aromatic heterocycles. The van der Waals surface area contributed by atoms with Crippen LogP contribution in [0.1, 0.15) is 83.1 Å². The highest BCUT2D eigenvalue weighted by atomic mass is 16.6. The number of carboxylic acids is 1. The van der Waals surface area contributed by atoms with Crippen LogP contribution < -0.4 is 16.0 Å². The molecule has 0 radical (unpaired) electrons. The molecule has 1 aliphatic carbocycles. The molecule has 3 aromatic carbocycles. The SMILES string of the molecule is Cc1ccc(NC(=O)NC(c2ccc(C(=O)NCCC(=O)O)cc2)c2ccc(C3CCCCC3)cc2)cc1[N+](=O)[O-]. The quantitative estimate of drug-likeness (QED) is 0.175. The summed E-state index contributed by atoms with van der Waals surface area (Å²) >= 11 is 0. The first kappa shape index (κ1) is 29.3. The fourth-order valence-corrected chi connectivity index (χ4v) is 5.15. The molecule has 1 atom stereocenters. The molecule has 4 rings (SSSR count). The molecule has 0 spiro atoms. The molecule has 1 fully saturated rings. The summed E-state index contributed by atoms with van der Waals surface area (Å²) in [7, 11) is 0. The van der Waals surface area contributed by atoms with Gasteiger partial charge in [-0.3, -0.25) is 19.7 Å². The van der Waals surface area contributed by atoms with Crippen LogP contribution in [0, 0.1) is 17.0 Å². The van der Waals surface area contributed by atoms with Crippen molar-refractivity contribution >= 4 is 29.3 Å². The first-order valence-electron chi connectivity index (χ1n) is 13.7. The minimum absolute atomic E-state index is 0.0186. The van der Waals surface area contributed by atoms with Crippen LogP contribution in [0.15, 0.2) is 66.7 Å². The molecule has 3 aromatic rings. The van der Waals surface area contributed by atoms with E-state index < -0.39 is 28.9 Å². The number of hydrogen-bond acceptors (Lipinski definition) is 5. The van der Waals surface area contributed by atoms with Crippen molar-refractivity contribution in [3.05, 3.63) is 105 Å². The van der Waals surface area contributed by atoms with Crippen molar-refractivity contribution in [1.82, 2.24) is 10.6 Å². The van der Waals surface area contributed by atoms with Crippen molar-refractivity contribution in [3.63, 3.8) is 0 Å². The van der Waals surface area contributed by atoms with Crippen molar-refractivity contribution < 1.29 is 24.4 Å². The molecule has 4 N–H and O–H groups in total. The first-order valence-corrected chi connectivity index (χ1v) is 13.7. The van der Waals surface area contributed by atoms with Crippen LogP contribution in [0.3, 0.4) is 0 Å². The third-order valence-electron chi connectivity index (χ3n) is 7.42. The van der Waals surface area contributed by atoms with Gasteiger partial charge in [0, 0.05) is 29.4 Å². The molecule has 1 aliphatic rings. The summed E-state index contributed by atoms with van der Waals surface area (Å²) in [4.78, 5) is 47.1. The number of urea groups is 1. The first-order chi connectivity index (χ1) is 19.7. The maximum absolute atomic E-state index is 13.1. The van der Waals surface area contributed by atoms with E-state index in [1.807, 2.05) is 12.1 Å². The lowest BCUT2D eigenvalue weighted by Crippen LogP contribution is -2.33. The molecule has 0 aliphatic heterocycles. The Kier molecular flexibility index (Phi) is 9.68. The number of nitrogens with one attached hydrogen (secondary N) is 3. The number of amides is 3. The zero-order chi connectivity index (χ0) is 29.4. The number of nitrogens with zero attached hydrogens (tertiary/aromatic N) is 1. The van der Waals surface area contributed by atoms with Crippen LogP contribution in [-0.4, -0.2) is 34.5 Å². The Morgan fingerprint density at radius 3 is 2.20 bits per heavy atom. The number of nitro groups is 1. The fourth-order valence-electron chi connectivity index (χ4n) is 5.15. The summed E-state index contributed by atoms with van der Waals surface area (Å²) in [6.45, 7) is 1.65. The third kappa shape index (κ3) is 7.91. The van der Waals surface area contributed by atoms with Crippen LogP contribution >= 0.6 is 0 Å². The molecule has 0 saturated heterocycles. The summed E-state index contributed by atoms with van der Waals surface area (Å²) in [5, 5.41) is 28.4. The van der Waals surface area contributed by atoms with Gasteiger partial charge in [0.1, 0.15) is 0 Å². The van der Waals surface area contributed by atoms with Gasteiger partial charge in [-0.15, -0.1) is 0 Å². The fraction of sp³-hybridized carbons (Fsp3) is 0.323. The Labute approximate surface area is 238 Å². The van der Waals surface area contributed by atoms with Crippen LogP contribution in [0.5, 0.6) is 0 Å². The summed E-state index contributed by atoms with van der Waals surface area (Å²) in [5.41, 5.74) is 3.90. The van der Waals surface area contributed by atoms with Gasteiger partial charge in [-0.25, -0.2) is 4.79 Å². The molecule has 214 valence electrons. The van der Waals surface area contributed by atoms with E-state index in [2.05, 4.69) is 28.1 Å². The second-order valence-corrected chi connectivity index (χ2v) is 10.3. The van der Waals surface area contributed by atoms with Gasteiger partial charge in [0.05, 0.1) is 17.4 Å². The predicted molar refractivity (Wildman–Crippen MR) is 155 cm³/mol. The van der Waals surface area contributed by atoms with E-state index in [0.717, 1.165) is 11.1 Å². The number of rotatable bonds is 10. The highest BCUT2D eigenvalue weighted by molar-refractivity contribution is 5.94. The second-order valence-electron chi connectivity index (χ2n) is 10.3. The van der Waals surface area contributed by atoms with E-state index in [-0.39, 0.29) is 18.7 Å². The lowest BCUT2D eigenvalue weighted by Gasteiger charge is -2.24. The molecule has 0 heterocycles. The predicted octanol–water partition coefficient (Wildman–Crippen LogP) is 6.07. The van der Waals surface area contributed by atoms with Gasteiger partial charge in [0.25, 0.3) is 11.6 Å². The van der Waals surface area contributed by atoms with Gasteiger partial charge in [-0.05, 0) is 60.6 Å². The molecule has 10 heteroatoms. The summed E-state index contributed by atoms with van der Waals surface area (Å²) in [5.74, 6) is -0.857. The van der Waals surface area contributed by atoms with E-state index in [9.17, 15) is 24.5 Å². The minimum Gasteiger partial charge on any atom is -0.481 e. The largest absolute Gasteiger partial charge is 0.481 e. The Morgan fingerprint density at radius 1 is 0.951 bits per heavy atom. The maximum atomic E-state index is 13.1. The topological polar surface area (TPSA) is 151 Å². The third-order valence-corrected chi connectivity index (χ3v) is 7.42. The maximum Gasteiger partial charge on any atom is 0.319 e. The van der Waals surface area contributed by atoms with Gasteiger partial charge >= 0.3 is 12.0 Å². The lowest BCUT2D eigenvalue weighted by molar-refractivity contribution is -0.385.